The van der Waals surface area contributed by atoms with Crippen LogP contribution in [0, 0.1) is 12.3 Å². The number of halogens is 4. The summed E-state index contributed by atoms with van der Waals surface area (Å²) < 4.78 is 31.7. The fourth-order valence-corrected chi connectivity index (χ4v) is 0.807. The number of carboxylic acid groups (broad SMARTS) is 2. The summed E-state index contributed by atoms with van der Waals surface area (Å²) >= 11 is 5.31. The zero-order valence-electron chi connectivity index (χ0n) is 10.4. The first kappa shape index (κ1) is 21.3. The Kier molecular flexibility index (Phi) is 9.99. The molecule has 0 saturated carbocycles. The summed E-state index contributed by atoms with van der Waals surface area (Å²) in [4.78, 5) is 30.6. The van der Waals surface area contributed by atoms with E-state index in [2.05, 4.69) is 11.2 Å². The van der Waals surface area contributed by atoms with Crippen molar-refractivity contribution in [1.29, 1.82) is 0 Å². The molecule has 2 atom stereocenters. The van der Waals surface area contributed by atoms with E-state index in [-0.39, 0.29) is 12.3 Å². The number of hydrogen-bond donors (Lipinski definition) is 4. The van der Waals surface area contributed by atoms with E-state index in [1.807, 2.05) is 0 Å². The van der Waals surface area contributed by atoms with Gasteiger partial charge in [-0.2, -0.15) is 13.2 Å². The van der Waals surface area contributed by atoms with Crippen molar-refractivity contribution in [2.45, 2.75) is 24.7 Å². The van der Waals surface area contributed by atoms with E-state index in [4.69, 9.17) is 38.8 Å². The van der Waals surface area contributed by atoms with Gasteiger partial charge in [0.25, 0.3) is 0 Å². The van der Waals surface area contributed by atoms with Gasteiger partial charge < -0.3 is 21.3 Å². The average Bonchev–Trinajstić information content (AvgIpc) is 2.36. The predicted octanol–water partition coefficient (Wildman–Crippen LogP) is -0.222. The number of carbonyl (C=O) groups is 3. The molecule has 0 aliphatic carbocycles. The molecule has 0 aliphatic heterocycles. The number of aliphatic carboxylic acids is 2. The van der Waals surface area contributed by atoms with Gasteiger partial charge in [-0.05, 0) is 0 Å². The van der Waals surface area contributed by atoms with E-state index >= 15 is 0 Å². The molecular formula is C10H12ClF3N2O5. The molecule has 21 heavy (non-hydrogen) atoms. The summed E-state index contributed by atoms with van der Waals surface area (Å²) in [6.07, 6.45) is -0.241. The third-order valence-corrected chi connectivity index (χ3v) is 2.01. The highest BCUT2D eigenvalue weighted by Crippen LogP contribution is 2.13. The number of carbonyl (C=O) groups excluding carboxylic acids is 1. The SMILES string of the molecule is C#CCC(NC(=O)[C@H](N)CCl)C(=O)O.O=C(O)C(F)(F)F. The highest BCUT2D eigenvalue weighted by atomic mass is 35.5. The molecule has 0 bridgehead atoms. The van der Waals surface area contributed by atoms with Gasteiger partial charge in [-0.1, -0.05) is 0 Å². The molecule has 1 unspecified atom stereocenters. The lowest BCUT2D eigenvalue weighted by Gasteiger charge is -2.14. The molecule has 0 radical (unpaired) electrons. The number of alkyl halides is 4. The van der Waals surface area contributed by atoms with E-state index < -0.39 is 36.1 Å². The van der Waals surface area contributed by atoms with Gasteiger partial charge >= 0.3 is 18.1 Å². The van der Waals surface area contributed by atoms with Crippen molar-refractivity contribution >= 4 is 29.4 Å². The number of terminal acetylenes is 1. The summed E-state index contributed by atoms with van der Waals surface area (Å²) in [6.45, 7) is 0. The van der Waals surface area contributed by atoms with Crippen LogP contribution in [0.1, 0.15) is 6.42 Å². The van der Waals surface area contributed by atoms with Gasteiger partial charge in [0.2, 0.25) is 5.91 Å². The Bertz CT molecular complexity index is 422. The van der Waals surface area contributed by atoms with Crippen molar-refractivity contribution in [3.63, 3.8) is 0 Å². The molecule has 5 N–H and O–H groups in total. The van der Waals surface area contributed by atoms with Crippen LogP contribution in [-0.2, 0) is 14.4 Å². The van der Waals surface area contributed by atoms with Gasteiger partial charge in [0.15, 0.2) is 0 Å². The van der Waals surface area contributed by atoms with Crippen LogP contribution in [0.2, 0.25) is 0 Å². The van der Waals surface area contributed by atoms with E-state index in [0.29, 0.717) is 0 Å². The van der Waals surface area contributed by atoms with Crippen LogP contribution in [0.15, 0.2) is 0 Å². The summed E-state index contributed by atoms with van der Waals surface area (Å²) in [7, 11) is 0. The molecule has 0 rings (SSSR count). The Labute approximate surface area is 122 Å². The number of amides is 1. The molecule has 1 amide bonds. The lowest BCUT2D eigenvalue weighted by Crippen LogP contribution is -2.49. The largest absolute Gasteiger partial charge is 0.490 e. The quantitative estimate of drug-likeness (QED) is 0.407. The Morgan fingerprint density at radius 2 is 1.76 bits per heavy atom. The Hall–Kier alpha value is -1.99. The minimum Gasteiger partial charge on any atom is -0.480 e. The molecule has 11 heteroatoms. The van der Waals surface area contributed by atoms with Gasteiger partial charge in [-0.15, -0.1) is 23.9 Å². The Balaban J connectivity index is 0. The van der Waals surface area contributed by atoms with E-state index in [1.165, 1.54) is 0 Å². The van der Waals surface area contributed by atoms with Crippen LogP contribution in [-0.4, -0.2) is 52.2 Å². The van der Waals surface area contributed by atoms with Gasteiger partial charge in [-0.25, -0.2) is 9.59 Å². The Morgan fingerprint density at radius 3 is 2.00 bits per heavy atom. The third-order valence-electron chi connectivity index (χ3n) is 1.68. The molecule has 0 aromatic carbocycles. The second kappa shape index (κ2) is 9.84. The summed E-state index contributed by atoms with van der Waals surface area (Å²) in [6, 6.07) is -2.03. The number of nitrogens with one attached hydrogen (secondary N) is 1. The van der Waals surface area contributed by atoms with E-state index in [9.17, 15) is 22.8 Å². The lowest BCUT2D eigenvalue weighted by atomic mass is 10.2. The molecule has 0 aromatic heterocycles. The average molecular weight is 333 g/mol. The first-order valence-corrected chi connectivity index (χ1v) is 5.59. The molecule has 0 heterocycles. The molecular weight excluding hydrogens is 321 g/mol. The van der Waals surface area contributed by atoms with Crippen LogP contribution in [0.4, 0.5) is 13.2 Å². The van der Waals surface area contributed by atoms with E-state index in [0.717, 1.165) is 0 Å². The minimum atomic E-state index is -5.08. The number of nitrogens with two attached hydrogens (primary N) is 1. The monoisotopic (exact) mass is 332 g/mol. The highest BCUT2D eigenvalue weighted by Gasteiger charge is 2.38. The van der Waals surface area contributed by atoms with Crippen molar-refractivity contribution in [1.82, 2.24) is 5.32 Å². The van der Waals surface area contributed by atoms with Crippen molar-refractivity contribution in [3.8, 4) is 12.3 Å². The third kappa shape index (κ3) is 10.5. The number of rotatable bonds is 5. The summed E-state index contributed by atoms with van der Waals surface area (Å²) in [5.41, 5.74) is 5.27. The lowest BCUT2D eigenvalue weighted by molar-refractivity contribution is -0.192. The maximum absolute atomic E-state index is 11.1. The smallest absolute Gasteiger partial charge is 0.480 e. The molecule has 120 valence electrons. The maximum atomic E-state index is 11.1. The first-order valence-electron chi connectivity index (χ1n) is 5.05. The van der Waals surface area contributed by atoms with Crippen molar-refractivity contribution in [3.05, 3.63) is 0 Å². The summed E-state index contributed by atoms with van der Waals surface area (Å²) in [5.74, 6) is -2.51. The maximum Gasteiger partial charge on any atom is 0.490 e. The predicted molar refractivity (Wildman–Crippen MR) is 65.4 cm³/mol. The van der Waals surface area contributed by atoms with Crippen LogP contribution in [0.3, 0.4) is 0 Å². The molecule has 0 aliphatic rings. The second-order valence-electron chi connectivity index (χ2n) is 3.37. The summed E-state index contributed by atoms with van der Waals surface area (Å²) in [5, 5.41) is 17.9. The molecule has 0 fully saturated rings. The molecule has 0 spiro atoms. The van der Waals surface area contributed by atoms with Crippen molar-refractivity contribution in [2.24, 2.45) is 5.73 Å². The highest BCUT2D eigenvalue weighted by molar-refractivity contribution is 6.19. The molecule has 0 aromatic rings. The minimum absolute atomic E-state index is 0.0752. The van der Waals surface area contributed by atoms with Crippen LogP contribution in [0.5, 0.6) is 0 Å². The van der Waals surface area contributed by atoms with Crippen molar-refractivity contribution in [2.75, 3.05) is 5.88 Å². The van der Waals surface area contributed by atoms with Gasteiger partial charge in [0.1, 0.15) is 6.04 Å². The van der Waals surface area contributed by atoms with Crippen LogP contribution >= 0.6 is 11.6 Å². The van der Waals surface area contributed by atoms with Crippen LogP contribution in [0.25, 0.3) is 0 Å². The van der Waals surface area contributed by atoms with Gasteiger partial charge in [0.05, 0.1) is 6.04 Å². The zero-order valence-corrected chi connectivity index (χ0v) is 11.1. The molecule has 7 nitrogen and oxygen atoms in total. The first-order chi connectivity index (χ1) is 9.47. The zero-order chi connectivity index (χ0) is 17.2. The standard InChI is InChI=1S/C8H11ClN2O3.C2HF3O2/c1-2-3-6(8(13)14)11-7(12)5(10)4-9;3-2(4,5)1(6)7/h1,5-6H,3-4,10H2,(H,11,12)(H,13,14);(H,6,7)/t5-,6?;/m1./s1. The molecule has 0 saturated heterocycles. The van der Waals surface area contributed by atoms with Gasteiger partial charge in [0, 0.05) is 12.3 Å². The number of hydrogen-bond acceptors (Lipinski definition) is 4. The van der Waals surface area contributed by atoms with Gasteiger partial charge in [-0.3, -0.25) is 4.79 Å². The van der Waals surface area contributed by atoms with Crippen LogP contribution < -0.4 is 11.1 Å². The normalized spacial score (nSPS) is 13.0. The van der Waals surface area contributed by atoms with E-state index in [1.54, 1.807) is 0 Å². The fourth-order valence-electron chi connectivity index (χ4n) is 0.667. The van der Waals surface area contributed by atoms with Crippen molar-refractivity contribution < 1.29 is 37.8 Å². The fraction of sp³-hybridized carbons (Fsp3) is 0.500. The number of carboxylic acids is 2. The Morgan fingerprint density at radius 1 is 1.33 bits per heavy atom. The second-order valence-corrected chi connectivity index (χ2v) is 3.68. The topological polar surface area (TPSA) is 130 Å².